The highest BCUT2D eigenvalue weighted by atomic mass is 19.1. The maximum Gasteiger partial charge on any atom is 0.285 e. The van der Waals surface area contributed by atoms with E-state index in [-0.39, 0.29) is 23.4 Å². The van der Waals surface area contributed by atoms with Crippen LogP contribution in [0.2, 0.25) is 0 Å². The number of rotatable bonds is 3. The molecule has 7 nitrogen and oxygen atoms in total. The Bertz CT molecular complexity index is 571. The summed E-state index contributed by atoms with van der Waals surface area (Å²) >= 11 is 0. The molecular weight excluding hydrogens is 281 g/mol. The summed E-state index contributed by atoms with van der Waals surface area (Å²) in [5.74, 6) is -1.59. The molecule has 1 amide bonds. The van der Waals surface area contributed by atoms with E-state index >= 15 is 0 Å². The van der Waals surface area contributed by atoms with Crippen LogP contribution in [0.25, 0.3) is 0 Å². The van der Waals surface area contributed by atoms with Gasteiger partial charge >= 0.3 is 0 Å². The number of halogens is 1. The lowest BCUT2D eigenvalue weighted by molar-refractivity contribution is -0.385. The molecule has 0 radical (unpaired) electrons. The first-order valence-corrected chi connectivity index (χ1v) is 6.61. The molecule has 1 fully saturated rings. The van der Waals surface area contributed by atoms with Crippen molar-refractivity contribution in [1.82, 2.24) is 5.32 Å². The Balaban J connectivity index is 2.18. The molecule has 1 saturated carbocycles. The van der Waals surface area contributed by atoms with Crippen molar-refractivity contribution in [3.63, 3.8) is 0 Å². The van der Waals surface area contributed by atoms with Gasteiger partial charge in [0, 0.05) is 6.04 Å². The van der Waals surface area contributed by atoms with Crippen LogP contribution in [0, 0.1) is 15.9 Å². The highest BCUT2D eigenvalue weighted by Gasteiger charge is 2.26. The summed E-state index contributed by atoms with van der Waals surface area (Å²) in [5.41, 5.74) is 4.18. The Morgan fingerprint density at radius 1 is 1.38 bits per heavy atom. The highest BCUT2D eigenvalue weighted by Crippen LogP contribution is 2.25. The number of carbonyl (C=O) groups excluding carboxylic acids is 1. The molecule has 0 aliphatic heterocycles. The van der Waals surface area contributed by atoms with Crippen LogP contribution in [0.5, 0.6) is 0 Å². The average Bonchev–Trinajstić information content (AvgIpc) is 2.43. The van der Waals surface area contributed by atoms with Crippen molar-refractivity contribution in [2.45, 2.75) is 37.8 Å². The lowest BCUT2D eigenvalue weighted by atomic mass is 9.93. The number of nitrogens with two attached hydrogens (primary N) is 1. The number of nitrogens with zero attached hydrogens (tertiary/aromatic N) is 1. The Labute approximate surface area is 120 Å². The highest BCUT2D eigenvalue weighted by molar-refractivity contribution is 5.99. The largest absolute Gasteiger partial charge is 0.396 e. The molecule has 0 unspecified atom stereocenters. The molecule has 1 aliphatic rings. The second-order valence-corrected chi connectivity index (χ2v) is 5.13. The van der Waals surface area contributed by atoms with E-state index in [4.69, 9.17) is 5.73 Å². The number of carbonyl (C=O) groups is 1. The lowest BCUT2D eigenvalue weighted by Gasteiger charge is -2.26. The second-order valence-electron chi connectivity index (χ2n) is 5.13. The van der Waals surface area contributed by atoms with Crippen LogP contribution >= 0.6 is 0 Å². The molecule has 21 heavy (non-hydrogen) atoms. The van der Waals surface area contributed by atoms with Crippen molar-refractivity contribution in [2.24, 2.45) is 0 Å². The summed E-state index contributed by atoms with van der Waals surface area (Å²) in [6.07, 6.45) is 1.96. The third kappa shape index (κ3) is 3.46. The summed E-state index contributed by atoms with van der Waals surface area (Å²) in [7, 11) is 0. The van der Waals surface area contributed by atoms with Gasteiger partial charge in [-0.3, -0.25) is 14.9 Å². The lowest BCUT2D eigenvalue weighted by Crippen LogP contribution is -2.38. The Morgan fingerprint density at radius 2 is 2.00 bits per heavy atom. The number of anilines is 1. The second kappa shape index (κ2) is 6.04. The topological polar surface area (TPSA) is 118 Å². The number of nitrogens with one attached hydrogen (secondary N) is 1. The van der Waals surface area contributed by atoms with Crippen LogP contribution in [-0.4, -0.2) is 28.1 Å². The molecule has 1 aromatic rings. The van der Waals surface area contributed by atoms with Crippen molar-refractivity contribution >= 4 is 17.3 Å². The molecule has 1 aromatic carbocycles. The zero-order valence-electron chi connectivity index (χ0n) is 11.2. The summed E-state index contributed by atoms with van der Waals surface area (Å²) in [5, 5.41) is 23.0. The van der Waals surface area contributed by atoms with Gasteiger partial charge in [-0.25, -0.2) is 4.39 Å². The van der Waals surface area contributed by atoms with E-state index in [0.29, 0.717) is 31.7 Å². The van der Waals surface area contributed by atoms with E-state index in [0.717, 1.165) is 6.07 Å². The molecule has 1 aliphatic carbocycles. The molecule has 4 N–H and O–H groups in total. The Kier molecular flexibility index (Phi) is 4.37. The van der Waals surface area contributed by atoms with Gasteiger partial charge in [-0.05, 0) is 31.7 Å². The maximum absolute atomic E-state index is 13.3. The molecule has 8 heteroatoms. The summed E-state index contributed by atoms with van der Waals surface area (Å²) < 4.78 is 13.3. The van der Waals surface area contributed by atoms with Gasteiger partial charge < -0.3 is 16.2 Å². The van der Waals surface area contributed by atoms with Crippen molar-refractivity contribution in [1.29, 1.82) is 0 Å². The van der Waals surface area contributed by atoms with Crippen LogP contribution in [0.3, 0.4) is 0 Å². The summed E-state index contributed by atoms with van der Waals surface area (Å²) in [6.45, 7) is 0. The van der Waals surface area contributed by atoms with Gasteiger partial charge in [0.25, 0.3) is 11.6 Å². The number of amides is 1. The monoisotopic (exact) mass is 297 g/mol. The smallest absolute Gasteiger partial charge is 0.285 e. The van der Waals surface area contributed by atoms with Crippen molar-refractivity contribution < 1.29 is 19.2 Å². The van der Waals surface area contributed by atoms with E-state index in [1.54, 1.807) is 0 Å². The number of aliphatic hydroxyl groups is 1. The summed E-state index contributed by atoms with van der Waals surface area (Å²) in [6, 6.07) is 1.46. The SMILES string of the molecule is Nc1cc(C(=O)NC2CCC(O)CC2)c([N+](=O)[O-])cc1F. The third-order valence-corrected chi connectivity index (χ3v) is 3.59. The van der Waals surface area contributed by atoms with E-state index in [1.807, 2.05) is 0 Å². The van der Waals surface area contributed by atoms with Crippen LogP contribution in [0.15, 0.2) is 12.1 Å². The van der Waals surface area contributed by atoms with Gasteiger partial charge in [-0.15, -0.1) is 0 Å². The molecule has 0 heterocycles. The normalized spacial score (nSPS) is 21.8. The predicted molar refractivity (Wildman–Crippen MR) is 73.2 cm³/mol. The fourth-order valence-electron chi connectivity index (χ4n) is 2.40. The van der Waals surface area contributed by atoms with Crippen LogP contribution in [0.1, 0.15) is 36.0 Å². The number of nitro benzene ring substituents is 1. The molecule has 0 aromatic heterocycles. The number of benzene rings is 1. The Morgan fingerprint density at radius 3 is 2.57 bits per heavy atom. The van der Waals surface area contributed by atoms with E-state index in [1.165, 1.54) is 0 Å². The van der Waals surface area contributed by atoms with Gasteiger partial charge in [0.15, 0.2) is 5.82 Å². The minimum atomic E-state index is -0.931. The van der Waals surface area contributed by atoms with Crippen molar-refractivity contribution in [3.05, 3.63) is 33.6 Å². The van der Waals surface area contributed by atoms with E-state index in [9.17, 15) is 24.4 Å². The molecule has 0 bridgehead atoms. The number of nitro groups is 1. The first kappa shape index (κ1) is 15.2. The van der Waals surface area contributed by atoms with Gasteiger partial charge in [0.1, 0.15) is 5.56 Å². The van der Waals surface area contributed by atoms with Crippen LogP contribution < -0.4 is 11.1 Å². The maximum atomic E-state index is 13.3. The first-order valence-electron chi connectivity index (χ1n) is 6.61. The standard InChI is InChI=1S/C13H16FN3O4/c14-10-6-12(17(20)21)9(5-11(10)15)13(19)16-7-1-3-8(18)4-2-7/h5-8,18H,1-4,15H2,(H,16,19). The first-order chi connectivity index (χ1) is 9.88. The zero-order valence-corrected chi connectivity index (χ0v) is 11.2. The van der Waals surface area contributed by atoms with Gasteiger partial charge in [-0.2, -0.15) is 0 Å². The van der Waals surface area contributed by atoms with Crippen molar-refractivity contribution in [3.8, 4) is 0 Å². The number of hydrogen-bond donors (Lipinski definition) is 3. The number of nitrogen functional groups attached to an aromatic ring is 1. The minimum Gasteiger partial charge on any atom is -0.396 e. The van der Waals surface area contributed by atoms with Crippen LogP contribution in [0.4, 0.5) is 15.8 Å². The zero-order chi connectivity index (χ0) is 15.6. The van der Waals surface area contributed by atoms with E-state index < -0.39 is 22.3 Å². The molecule has 0 spiro atoms. The molecule has 2 rings (SSSR count). The van der Waals surface area contributed by atoms with Gasteiger partial charge in [-0.1, -0.05) is 0 Å². The van der Waals surface area contributed by atoms with Crippen LogP contribution in [-0.2, 0) is 0 Å². The summed E-state index contributed by atoms with van der Waals surface area (Å²) in [4.78, 5) is 22.2. The number of aliphatic hydroxyl groups excluding tert-OH is 1. The molecule has 0 atom stereocenters. The predicted octanol–water partition coefficient (Wildman–Crippen LogP) is 1.35. The van der Waals surface area contributed by atoms with E-state index in [2.05, 4.69) is 5.32 Å². The Hall–Kier alpha value is -2.22. The van der Waals surface area contributed by atoms with Gasteiger partial charge in [0.2, 0.25) is 0 Å². The van der Waals surface area contributed by atoms with Crippen molar-refractivity contribution in [2.75, 3.05) is 5.73 Å². The fraction of sp³-hybridized carbons (Fsp3) is 0.462. The molecular formula is C13H16FN3O4. The minimum absolute atomic E-state index is 0.160. The molecule has 0 saturated heterocycles. The molecule has 114 valence electrons. The quantitative estimate of drug-likeness (QED) is 0.442. The third-order valence-electron chi connectivity index (χ3n) is 3.59. The fourth-order valence-corrected chi connectivity index (χ4v) is 2.40. The average molecular weight is 297 g/mol. The number of hydrogen-bond acceptors (Lipinski definition) is 5. The van der Waals surface area contributed by atoms with Gasteiger partial charge in [0.05, 0.1) is 22.8 Å².